The van der Waals surface area contributed by atoms with Gasteiger partial charge in [-0.2, -0.15) is 0 Å². The maximum absolute atomic E-state index is 9.33. The summed E-state index contributed by atoms with van der Waals surface area (Å²) in [5.41, 5.74) is 0. The third-order valence-electron chi connectivity index (χ3n) is 1.97. The van der Waals surface area contributed by atoms with Gasteiger partial charge >= 0.3 is 0 Å². The molecule has 0 aliphatic heterocycles. The van der Waals surface area contributed by atoms with E-state index in [1.165, 1.54) is 0 Å². The highest BCUT2D eigenvalue weighted by Gasteiger charge is 2.01. The molecule has 16 heavy (non-hydrogen) atoms. The number of ether oxygens (including phenoxy) is 1. The molecule has 0 aliphatic rings. The number of phenols is 1. The Morgan fingerprint density at radius 2 is 1.62 bits per heavy atom. The Kier molecular flexibility index (Phi) is 3.36. The lowest BCUT2D eigenvalue weighted by molar-refractivity contribution is 0.461. The van der Waals surface area contributed by atoms with Gasteiger partial charge in [0, 0.05) is 5.02 Å². The standard InChI is InChI=1S/C12H8BrClO2/c13-11-7-10(5-6-12(11)15)16-9-3-1-8(14)2-4-9/h1-7,15H. The van der Waals surface area contributed by atoms with Crippen molar-refractivity contribution in [3.05, 3.63) is 52.0 Å². The van der Waals surface area contributed by atoms with E-state index in [2.05, 4.69) is 15.9 Å². The van der Waals surface area contributed by atoms with Crippen LogP contribution in [-0.4, -0.2) is 5.11 Å². The van der Waals surface area contributed by atoms with E-state index in [-0.39, 0.29) is 5.75 Å². The molecule has 1 N–H and O–H groups in total. The van der Waals surface area contributed by atoms with Crippen LogP contribution in [0.15, 0.2) is 46.9 Å². The second-order valence-electron chi connectivity index (χ2n) is 3.17. The van der Waals surface area contributed by atoms with E-state index in [0.717, 1.165) is 0 Å². The van der Waals surface area contributed by atoms with Gasteiger partial charge in [0.1, 0.15) is 17.2 Å². The minimum Gasteiger partial charge on any atom is -0.507 e. The van der Waals surface area contributed by atoms with Crippen LogP contribution in [0.2, 0.25) is 5.02 Å². The fourth-order valence-electron chi connectivity index (χ4n) is 1.19. The third-order valence-corrected chi connectivity index (χ3v) is 2.86. The van der Waals surface area contributed by atoms with Gasteiger partial charge in [0.2, 0.25) is 0 Å². The summed E-state index contributed by atoms with van der Waals surface area (Å²) in [7, 11) is 0. The van der Waals surface area contributed by atoms with Gasteiger partial charge in [-0.1, -0.05) is 11.6 Å². The van der Waals surface area contributed by atoms with Crippen LogP contribution in [0.25, 0.3) is 0 Å². The summed E-state index contributed by atoms with van der Waals surface area (Å²) in [5.74, 6) is 1.53. The van der Waals surface area contributed by atoms with Crippen molar-refractivity contribution in [3.8, 4) is 17.2 Å². The zero-order valence-corrected chi connectivity index (χ0v) is 10.5. The molecule has 0 atom stereocenters. The molecule has 0 aromatic heterocycles. The van der Waals surface area contributed by atoms with Gasteiger partial charge in [0.15, 0.2) is 0 Å². The zero-order valence-electron chi connectivity index (χ0n) is 8.15. The normalized spacial score (nSPS) is 10.1. The molecule has 4 heteroatoms. The largest absolute Gasteiger partial charge is 0.507 e. The quantitative estimate of drug-likeness (QED) is 0.878. The molecule has 2 nitrogen and oxygen atoms in total. The molecular formula is C12H8BrClO2. The van der Waals surface area contributed by atoms with Crippen LogP contribution in [-0.2, 0) is 0 Å². The molecule has 2 aromatic rings. The monoisotopic (exact) mass is 298 g/mol. The highest BCUT2D eigenvalue weighted by atomic mass is 79.9. The molecule has 0 amide bonds. The van der Waals surface area contributed by atoms with Crippen molar-refractivity contribution in [1.82, 2.24) is 0 Å². The fourth-order valence-corrected chi connectivity index (χ4v) is 1.67. The van der Waals surface area contributed by atoms with Crippen LogP contribution in [0.5, 0.6) is 17.2 Å². The van der Waals surface area contributed by atoms with E-state index in [0.29, 0.717) is 21.0 Å². The Bertz CT molecular complexity index is 497. The second kappa shape index (κ2) is 4.76. The summed E-state index contributed by atoms with van der Waals surface area (Å²) in [6, 6.07) is 12.0. The van der Waals surface area contributed by atoms with Crippen LogP contribution in [0, 0.1) is 0 Å². The van der Waals surface area contributed by atoms with Gasteiger partial charge < -0.3 is 9.84 Å². The molecule has 0 heterocycles. The van der Waals surface area contributed by atoms with E-state index >= 15 is 0 Å². The van der Waals surface area contributed by atoms with Crippen molar-refractivity contribution in [3.63, 3.8) is 0 Å². The highest BCUT2D eigenvalue weighted by molar-refractivity contribution is 9.10. The molecule has 0 aliphatic carbocycles. The first-order valence-corrected chi connectivity index (χ1v) is 5.74. The van der Waals surface area contributed by atoms with Crippen molar-refractivity contribution in [2.24, 2.45) is 0 Å². The molecule has 0 spiro atoms. The van der Waals surface area contributed by atoms with Crippen LogP contribution in [0.1, 0.15) is 0 Å². The summed E-state index contributed by atoms with van der Waals surface area (Å²) >= 11 is 8.98. The molecule has 0 fully saturated rings. The van der Waals surface area contributed by atoms with Gasteiger partial charge in [0.25, 0.3) is 0 Å². The predicted molar refractivity (Wildman–Crippen MR) is 67.3 cm³/mol. The van der Waals surface area contributed by atoms with E-state index in [9.17, 15) is 5.11 Å². The minimum atomic E-state index is 0.184. The second-order valence-corrected chi connectivity index (χ2v) is 4.46. The van der Waals surface area contributed by atoms with Crippen LogP contribution < -0.4 is 4.74 Å². The van der Waals surface area contributed by atoms with E-state index < -0.39 is 0 Å². The Balaban J connectivity index is 2.20. The molecule has 2 aromatic carbocycles. The molecule has 0 saturated carbocycles. The van der Waals surface area contributed by atoms with Crippen LogP contribution >= 0.6 is 27.5 Å². The fraction of sp³-hybridized carbons (Fsp3) is 0. The predicted octanol–water partition coefficient (Wildman–Crippen LogP) is 4.60. The van der Waals surface area contributed by atoms with E-state index in [1.54, 1.807) is 42.5 Å². The Morgan fingerprint density at radius 3 is 2.25 bits per heavy atom. The smallest absolute Gasteiger partial charge is 0.130 e. The van der Waals surface area contributed by atoms with Crippen molar-refractivity contribution in [2.45, 2.75) is 0 Å². The van der Waals surface area contributed by atoms with Gasteiger partial charge in [-0.15, -0.1) is 0 Å². The molecule has 2 rings (SSSR count). The molecule has 0 radical (unpaired) electrons. The maximum atomic E-state index is 9.33. The molecule has 0 saturated heterocycles. The van der Waals surface area contributed by atoms with Crippen LogP contribution in [0.3, 0.4) is 0 Å². The maximum Gasteiger partial charge on any atom is 0.130 e. The van der Waals surface area contributed by atoms with Gasteiger partial charge in [-0.05, 0) is 58.4 Å². The molecular weight excluding hydrogens is 291 g/mol. The van der Waals surface area contributed by atoms with Crippen molar-refractivity contribution in [2.75, 3.05) is 0 Å². The number of hydrogen-bond acceptors (Lipinski definition) is 2. The molecule has 0 unspecified atom stereocenters. The third kappa shape index (κ3) is 2.68. The summed E-state index contributed by atoms with van der Waals surface area (Å²) in [6.45, 7) is 0. The summed E-state index contributed by atoms with van der Waals surface area (Å²) in [6.07, 6.45) is 0. The lowest BCUT2D eigenvalue weighted by Gasteiger charge is -2.06. The van der Waals surface area contributed by atoms with Gasteiger partial charge in [-0.3, -0.25) is 0 Å². The van der Waals surface area contributed by atoms with Crippen LogP contribution in [0.4, 0.5) is 0 Å². The number of benzene rings is 2. The lowest BCUT2D eigenvalue weighted by Crippen LogP contribution is -1.83. The van der Waals surface area contributed by atoms with E-state index in [1.807, 2.05) is 0 Å². The Hall–Kier alpha value is -1.19. The number of hydrogen-bond donors (Lipinski definition) is 1. The van der Waals surface area contributed by atoms with Crippen molar-refractivity contribution < 1.29 is 9.84 Å². The summed E-state index contributed by atoms with van der Waals surface area (Å²) in [4.78, 5) is 0. The SMILES string of the molecule is Oc1ccc(Oc2ccc(Cl)cc2)cc1Br. The highest BCUT2D eigenvalue weighted by Crippen LogP contribution is 2.30. The minimum absolute atomic E-state index is 0.184. The summed E-state index contributed by atoms with van der Waals surface area (Å²) < 4.78 is 6.17. The Morgan fingerprint density at radius 1 is 1.00 bits per heavy atom. The van der Waals surface area contributed by atoms with Gasteiger partial charge in [-0.25, -0.2) is 0 Å². The summed E-state index contributed by atoms with van der Waals surface area (Å²) in [5, 5.41) is 9.99. The number of aromatic hydroxyl groups is 1. The topological polar surface area (TPSA) is 29.5 Å². The van der Waals surface area contributed by atoms with Crippen molar-refractivity contribution >= 4 is 27.5 Å². The Labute approximate surface area is 107 Å². The number of halogens is 2. The zero-order chi connectivity index (χ0) is 11.5. The van der Waals surface area contributed by atoms with Crippen molar-refractivity contribution in [1.29, 1.82) is 0 Å². The average molecular weight is 300 g/mol. The first kappa shape index (κ1) is 11.3. The first-order valence-electron chi connectivity index (χ1n) is 4.57. The number of phenolic OH excluding ortho intramolecular Hbond substituents is 1. The first-order chi connectivity index (χ1) is 7.65. The van der Waals surface area contributed by atoms with E-state index in [4.69, 9.17) is 16.3 Å². The number of rotatable bonds is 2. The molecule has 82 valence electrons. The molecule has 0 bridgehead atoms. The van der Waals surface area contributed by atoms with Gasteiger partial charge in [0.05, 0.1) is 4.47 Å². The average Bonchev–Trinajstić information content (AvgIpc) is 2.27. The lowest BCUT2D eigenvalue weighted by atomic mass is 10.3.